The van der Waals surface area contributed by atoms with E-state index < -0.39 is 5.97 Å². The fourth-order valence-electron chi connectivity index (χ4n) is 3.12. The number of carbonyl (C=O) groups is 2. The number of ketones is 1. The van der Waals surface area contributed by atoms with Gasteiger partial charge in [0.05, 0.1) is 16.1 Å². The van der Waals surface area contributed by atoms with Crippen molar-refractivity contribution in [2.45, 2.75) is 6.92 Å². The van der Waals surface area contributed by atoms with Crippen molar-refractivity contribution in [1.29, 1.82) is 0 Å². The second-order valence-corrected chi connectivity index (χ2v) is 6.67. The van der Waals surface area contributed by atoms with Crippen LogP contribution in [0, 0.1) is 6.92 Å². The highest BCUT2D eigenvalue weighted by Gasteiger charge is 2.21. The van der Waals surface area contributed by atoms with Crippen LogP contribution in [0.2, 0.25) is 5.02 Å². The van der Waals surface area contributed by atoms with Crippen molar-refractivity contribution in [3.05, 3.63) is 88.3 Å². The van der Waals surface area contributed by atoms with Gasteiger partial charge in [0.25, 0.3) is 0 Å². The molecule has 0 aliphatic carbocycles. The highest BCUT2D eigenvalue weighted by Crippen LogP contribution is 2.28. The van der Waals surface area contributed by atoms with Crippen molar-refractivity contribution < 1.29 is 14.7 Å². The molecule has 0 amide bonds. The summed E-state index contributed by atoms with van der Waals surface area (Å²) in [5.74, 6) is -0.801. The molecule has 3 heterocycles. The Morgan fingerprint density at radius 3 is 2.57 bits per heavy atom. The zero-order valence-corrected chi connectivity index (χ0v) is 15.5. The predicted octanol–water partition coefficient (Wildman–Crippen LogP) is 4.31. The first kappa shape index (κ1) is 17.9. The Hall–Kier alpha value is -3.51. The molecule has 0 bridgehead atoms. The molecule has 0 spiro atoms. The smallest absolute Gasteiger partial charge is 0.337 e. The Kier molecular flexibility index (Phi) is 4.41. The lowest BCUT2D eigenvalue weighted by atomic mass is 9.99. The molecule has 0 saturated heterocycles. The van der Waals surface area contributed by atoms with Crippen LogP contribution >= 0.6 is 11.6 Å². The van der Waals surface area contributed by atoms with E-state index in [9.17, 15) is 9.59 Å². The number of fused-ring (bicyclic) bond motifs is 1. The highest BCUT2D eigenvalue weighted by atomic mass is 35.5. The summed E-state index contributed by atoms with van der Waals surface area (Å²) < 4.78 is 1.67. The van der Waals surface area contributed by atoms with Crippen LogP contribution in [0.25, 0.3) is 16.9 Å². The predicted molar refractivity (Wildman–Crippen MR) is 105 cm³/mol. The van der Waals surface area contributed by atoms with Crippen molar-refractivity contribution in [2.24, 2.45) is 0 Å². The number of carboxylic acids is 1. The van der Waals surface area contributed by atoms with Crippen LogP contribution in [-0.4, -0.2) is 31.4 Å². The lowest BCUT2D eigenvalue weighted by molar-refractivity contribution is 0.0696. The van der Waals surface area contributed by atoms with E-state index in [1.165, 1.54) is 12.3 Å². The fraction of sp³-hybridized carbons (Fsp3) is 0.0476. The molecular formula is C21H14ClN3O3. The number of pyridine rings is 2. The van der Waals surface area contributed by atoms with E-state index in [2.05, 4.69) is 9.97 Å². The highest BCUT2D eigenvalue weighted by molar-refractivity contribution is 6.35. The first-order valence-electron chi connectivity index (χ1n) is 8.43. The van der Waals surface area contributed by atoms with E-state index in [-0.39, 0.29) is 11.3 Å². The second-order valence-electron chi connectivity index (χ2n) is 6.26. The molecule has 1 N–H and O–H groups in total. The minimum Gasteiger partial charge on any atom is -0.478 e. The second kappa shape index (κ2) is 6.90. The largest absolute Gasteiger partial charge is 0.478 e. The number of nitrogens with zero attached hydrogens (tertiary/aromatic N) is 3. The fourth-order valence-corrected chi connectivity index (χ4v) is 3.43. The quantitative estimate of drug-likeness (QED) is 0.524. The number of benzene rings is 1. The molecule has 4 aromatic rings. The van der Waals surface area contributed by atoms with Gasteiger partial charge < -0.3 is 5.11 Å². The third kappa shape index (κ3) is 2.93. The third-order valence-electron chi connectivity index (χ3n) is 4.50. The van der Waals surface area contributed by atoms with E-state index in [0.717, 1.165) is 5.56 Å². The summed E-state index contributed by atoms with van der Waals surface area (Å²) in [5, 5.41) is 10.1. The normalized spacial score (nSPS) is 10.9. The Bertz CT molecular complexity index is 1210. The van der Waals surface area contributed by atoms with Gasteiger partial charge in [-0.1, -0.05) is 23.7 Å². The number of aromatic nitrogens is 3. The van der Waals surface area contributed by atoms with Crippen LogP contribution < -0.4 is 0 Å². The molecule has 3 aromatic heterocycles. The van der Waals surface area contributed by atoms with Gasteiger partial charge in [0, 0.05) is 29.5 Å². The Labute approximate surface area is 165 Å². The van der Waals surface area contributed by atoms with Crippen LogP contribution in [0.1, 0.15) is 31.8 Å². The molecule has 0 radical (unpaired) electrons. The van der Waals surface area contributed by atoms with Gasteiger partial charge in [-0.15, -0.1) is 0 Å². The molecular weight excluding hydrogens is 378 g/mol. The van der Waals surface area contributed by atoms with E-state index in [1.54, 1.807) is 41.2 Å². The van der Waals surface area contributed by atoms with Crippen LogP contribution in [0.5, 0.6) is 0 Å². The summed E-state index contributed by atoms with van der Waals surface area (Å²) in [6.07, 6.45) is 4.55. The van der Waals surface area contributed by atoms with Crippen molar-refractivity contribution in [1.82, 2.24) is 14.5 Å². The topological polar surface area (TPSA) is 85.1 Å². The SMILES string of the molecule is Cc1cccc(Cl)c1C(=O)c1cn(-c2ccc(C(=O)O)cn2)c2ncccc12. The summed E-state index contributed by atoms with van der Waals surface area (Å²) in [5.41, 5.74) is 2.30. The van der Waals surface area contributed by atoms with Gasteiger partial charge in [0.15, 0.2) is 5.78 Å². The van der Waals surface area contributed by atoms with Crippen LogP contribution in [0.4, 0.5) is 0 Å². The van der Waals surface area contributed by atoms with Crippen molar-refractivity contribution in [2.75, 3.05) is 0 Å². The molecule has 28 heavy (non-hydrogen) atoms. The van der Waals surface area contributed by atoms with E-state index in [4.69, 9.17) is 16.7 Å². The molecule has 7 heteroatoms. The molecule has 0 atom stereocenters. The van der Waals surface area contributed by atoms with Gasteiger partial charge in [0.2, 0.25) is 0 Å². The van der Waals surface area contributed by atoms with Crippen LogP contribution in [0.15, 0.2) is 61.1 Å². The van der Waals surface area contributed by atoms with Crippen molar-refractivity contribution >= 4 is 34.4 Å². The van der Waals surface area contributed by atoms with E-state index >= 15 is 0 Å². The van der Waals surface area contributed by atoms with Gasteiger partial charge in [0.1, 0.15) is 11.5 Å². The first-order chi connectivity index (χ1) is 13.5. The maximum Gasteiger partial charge on any atom is 0.337 e. The van der Waals surface area contributed by atoms with Gasteiger partial charge in [-0.05, 0) is 42.8 Å². The third-order valence-corrected chi connectivity index (χ3v) is 4.81. The number of halogens is 1. The van der Waals surface area contributed by atoms with Crippen molar-refractivity contribution in [3.8, 4) is 5.82 Å². The number of aromatic carboxylic acids is 1. The number of hydrogen-bond donors (Lipinski definition) is 1. The van der Waals surface area contributed by atoms with E-state index in [1.807, 2.05) is 19.1 Å². The zero-order chi connectivity index (χ0) is 19.8. The molecule has 0 fully saturated rings. The number of carbonyl (C=O) groups excluding carboxylic acids is 1. The summed E-state index contributed by atoms with van der Waals surface area (Å²) >= 11 is 6.29. The average molecular weight is 392 g/mol. The summed E-state index contributed by atoms with van der Waals surface area (Å²) in [4.78, 5) is 32.9. The number of hydrogen-bond acceptors (Lipinski definition) is 4. The number of rotatable bonds is 4. The monoisotopic (exact) mass is 391 g/mol. The average Bonchev–Trinajstić information content (AvgIpc) is 3.07. The Balaban J connectivity index is 1.90. The minimum absolute atomic E-state index is 0.0798. The van der Waals surface area contributed by atoms with E-state index in [0.29, 0.717) is 33.0 Å². The first-order valence-corrected chi connectivity index (χ1v) is 8.81. The molecule has 6 nitrogen and oxygen atoms in total. The van der Waals surface area contributed by atoms with Gasteiger partial charge in [-0.2, -0.15) is 0 Å². The number of carboxylic acid groups (broad SMARTS) is 1. The number of aryl methyl sites for hydroxylation is 1. The molecule has 0 saturated carbocycles. The van der Waals surface area contributed by atoms with Gasteiger partial charge in [-0.3, -0.25) is 9.36 Å². The minimum atomic E-state index is -1.06. The van der Waals surface area contributed by atoms with Crippen LogP contribution in [-0.2, 0) is 0 Å². The maximum absolute atomic E-state index is 13.3. The maximum atomic E-state index is 13.3. The zero-order valence-electron chi connectivity index (χ0n) is 14.8. The lowest BCUT2D eigenvalue weighted by Gasteiger charge is -2.06. The molecule has 0 aliphatic heterocycles. The molecule has 138 valence electrons. The summed E-state index contributed by atoms with van der Waals surface area (Å²) in [7, 11) is 0. The van der Waals surface area contributed by atoms with Crippen LogP contribution in [0.3, 0.4) is 0 Å². The standard InChI is InChI=1S/C21H14ClN3O3/c1-12-4-2-6-16(22)18(12)19(26)15-11-25(20-14(15)5-3-9-23-20)17-8-7-13(10-24-17)21(27)28/h2-11H,1H3,(H,27,28). The Morgan fingerprint density at radius 1 is 1.07 bits per heavy atom. The molecule has 4 rings (SSSR count). The summed E-state index contributed by atoms with van der Waals surface area (Å²) in [6.45, 7) is 1.84. The van der Waals surface area contributed by atoms with Gasteiger partial charge >= 0.3 is 5.97 Å². The summed E-state index contributed by atoms with van der Waals surface area (Å²) in [6, 6.07) is 11.9. The van der Waals surface area contributed by atoms with Crippen molar-refractivity contribution in [3.63, 3.8) is 0 Å². The molecule has 0 aliphatic rings. The Morgan fingerprint density at radius 2 is 1.89 bits per heavy atom. The van der Waals surface area contributed by atoms with Gasteiger partial charge in [-0.25, -0.2) is 14.8 Å². The lowest BCUT2D eigenvalue weighted by Crippen LogP contribution is -2.04. The molecule has 0 unspecified atom stereocenters. The molecule has 1 aromatic carbocycles.